The Kier molecular flexibility index (Phi) is 3.97. The van der Waals surface area contributed by atoms with Crippen molar-refractivity contribution >= 4 is 0 Å². The third-order valence-corrected chi connectivity index (χ3v) is 3.37. The smallest absolute Gasteiger partial charge is 0.0237 e. The van der Waals surface area contributed by atoms with E-state index in [0.29, 0.717) is 6.04 Å². The van der Waals surface area contributed by atoms with Crippen LogP contribution in [0.1, 0.15) is 24.5 Å². The van der Waals surface area contributed by atoms with Gasteiger partial charge in [0.05, 0.1) is 0 Å². The largest absolute Gasteiger partial charge is 0.315 e. The van der Waals surface area contributed by atoms with E-state index < -0.39 is 0 Å². The molecule has 1 fully saturated rings. The van der Waals surface area contributed by atoms with E-state index >= 15 is 0 Å². The van der Waals surface area contributed by atoms with Crippen LogP contribution in [0.3, 0.4) is 0 Å². The van der Waals surface area contributed by atoms with Gasteiger partial charge in [0.15, 0.2) is 0 Å². The molecule has 0 amide bonds. The third-order valence-electron chi connectivity index (χ3n) is 3.37. The topological polar surface area (TPSA) is 15.3 Å². The second-order valence-electron chi connectivity index (χ2n) is 4.86. The minimum absolute atomic E-state index is 0.642. The number of nitrogens with zero attached hydrogens (tertiary/aromatic N) is 1. The molecule has 1 saturated heterocycles. The van der Waals surface area contributed by atoms with Crippen LogP contribution in [0.15, 0.2) is 24.3 Å². The molecular weight excluding hydrogens is 196 g/mol. The van der Waals surface area contributed by atoms with E-state index in [1.165, 1.54) is 24.1 Å². The fourth-order valence-corrected chi connectivity index (χ4v) is 2.23. The molecule has 0 aromatic heterocycles. The van der Waals surface area contributed by atoms with E-state index in [1.807, 2.05) is 0 Å². The van der Waals surface area contributed by atoms with Crippen LogP contribution in [0.4, 0.5) is 0 Å². The van der Waals surface area contributed by atoms with Crippen LogP contribution in [-0.4, -0.2) is 30.6 Å². The van der Waals surface area contributed by atoms with Gasteiger partial charge in [0.1, 0.15) is 0 Å². The van der Waals surface area contributed by atoms with Gasteiger partial charge in [-0.3, -0.25) is 4.90 Å². The molecule has 0 aliphatic carbocycles. The Morgan fingerprint density at radius 1 is 1.31 bits per heavy atom. The standard InChI is InChI=1S/C14H22N2/c1-12-4-6-14(7-5-12)11-16-9-3-8-15-10-13(16)2/h4-7,13,15H,3,8-11H2,1-2H3. The molecule has 1 aliphatic heterocycles. The lowest BCUT2D eigenvalue weighted by Crippen LogP contribution is -2.36. The van der Waals surface area contributed by atoms with Crippen LogP contribution in [0.2, 0.25) is 0 Å². The highest BCUT2D eigenvalue weighted by molar-refractivity contribution is 5.21. The van der Waals surface area contributed by atoms with Crippen molar-refractivity contribution in [2.24, 2.45) is 0 Å². The molecule has 1 aliphatic rings. The van der Waals surface area contributed by atoms with E-state index in [-0.39, 0.29) is 0 Å². The molecule has 1 heterocycles. The highest BCUT2D eigenvalue weighted by Crippen LogP contribution is 2.11. The highest BCUT2D eigenvalue weighted by Gasteiger charge is 2.16. The van der Waals surface area contributed by atoms with Crippen LogP contribution in [0.25, 0.3) is 0 Å². The Bertz CT molecular complexity index is 318. The maximum atomic E-state index is 3.48. The van der Waals surface area contributed by atoms with Crippen molar-refractivity contribution in [1.82, 2.24) is 10.2 Å². The van der Waals surface area contributed by atoms with E-state index in [2.05, 4.69) is 48.3 Å². The zero-order valence-corrected chi connectivity index (χ0v) is 10.4. The van der Waals surface area contributed by atoms with Crippen molar-refractivity contribution in [3.8, 4) is 0 Å². The second-order valence-corrected chi connectivity index (χ2v) is 4.86. The van der Waals surface area contributed by atoms with E-state index in [9.17, 15) is 0 Å². The fourth-order valence-electron chi connectivity index (χ4n) is 2.23. The van der Waals surface area contributed by atoms with Gasteiger partial charge in [0.2, 0.25) is 0 Å². The number of benzene rings is 1. The van der Waals surface area contributed by atoms with Gasteiger partial charge in [-0.25, -0.2) is 0 Å². The maximum absolute atomic E-state index is 3.48. The first kappa shape index (κ1) is 11.6. The molecule has 0 radical (unpaired) electrons. The van der Waals surface area contributed by atoms with Gasteiger partial charge in [-0.2, -0.15) is 0 Å². The van der Waals surface area contributed by atoms with Crippen LogP contribution in [0, 0.1) is 6.92 Å². The molecule has 1 unspecified atom stereocenters. The number of hydrogen-bond donors (Lipinski definition) is 1. The van der Waals surface area contributed by atoms with Crippen LogP contribution in [0.5, 0.6) is 0 Å². The number of nitrogens with one attached hydrogen (secondary N) is 1. The van der Waals surface area contributed by atoms with Gasteiger partial charge >= 0.3 is 0 Å². The molecule has 1 aromatic rings. The van der Waals surface area contributed by atoms with Gasteiger partial charge in [0, 0.05) is 25.7 Å². The molecule has 2 rings (SSSR count). The molecule has 2 nitrogen and oxygen atoms in total. The van der Waals surface area contributed by atoms with Gasteiger partial charge in [-0.15, -0.1) is 0 Å². The Balaban J connectivity index is 1.99. The van der Waals surface area contributed by atoms with Gasteiger partial charge in [-0.05, 0) is 32.4 Å². The predicted molar refractivity (Wildman–Crippen MR) is 68.5 cm³/mol. The molecular formula is C14H22N2. The summed E-state index contributed by atoms with van der Waals surface area (Å²) < 4.78 is 0. The summed E-state index contributed by atoms with van der Waals surface area (Å²) in [7, 11) is 0. The van der Waals surface area contributed by atoms with E-state index in [1.54, 1.807) is 0 Å². The number of aryl methyl sites for hydroxylation is 1. The van der Waals surface area contributed by atoms with Crippen molar-refractivity contribution in [2.75, 3.05) is 19.6 Å². The quantitative estimate of drug-likeness (QED) is 0.818. The van der Waals surface area contributed by atoms with Gasteiger partial charge < -0.3 is 5.32 Å². The SMILES string of the molecule is Cc1ccc(CN2CCCNCC2C)cc1. The zero-order chi connectivity index (χ0) is 11.4. The molecule has 2 heteroatoms. The second kappa shape index (κ2) is 5.46. The molecule has 0 spiro atoms. The number of hydrogen-bond acceptors (Lipinski definition) is 2. The molecule has 0 bridgehead atoms. The Morgan fingerprint density at radius 3 is 2.81 bits per heavy atom. The van der Waals surface area contributed by atoms with Crippen LogP contribution in [-0.2, 0) is 6.54 Å². The van der Waals surface area contributed by atoms with Crippen LogP contribution >= 0.6 is 0 Å². The summed E-state index contributed by atoms with van der Waals surface area (Å²) in [5.41, 5.74) is 2.77. The van der Waals surface area contributed by atoms with Crippen molar-refractivity contribution in [1.29, 1.82) is 0 Å². The molecule has 1 N–H and O–H groups in total. The fraction of sp³-hybridized carbons (Fsp3) is 0.571. The van der Waals surface area contributed by atoms with Crippen molar-refractivity contribution in [2.45, 2.75) is 32.9 Å². The Labute approximate surface area is 98.7 Å². The molecule has 88 valence electrons. The summed E-state index contributed by atoms with van der Waals surface area (Å²) in [6.45, 7) is 9.03. The minimum atomic E-state index is 0.642. The molecule has 1 aromatic carbocycles. The molecule has 1 atom stereocenters. The first-order valence-corrected chi connectivity index (χ1v) is 6.26. The normalized spacial score (nSPS) is 23.0. The monoisotopic (exact) mass is 218 g/mol. The highest BCUT2D eigenvalue weighted by atomic mass is 15.2. The Hall–Kier alpha value is -0.860. The van der Waals surface area contributed by atoms with Crippen molar-refractivity contribution in [3.05, 3.63) is 35.4 Å². The van der Waals surface area contributed by atoms with Crippen LogP contribution < -0.4 is 5.32 Å². The van der Waals surface area contributed by atoms with E-state index in [4.69, 9.17) is 0 Å². The summed E-state index contributed by atoms with van der Waals surface area (Å²) in [4.78, 5) is 2.57. The summed E-state index contributed by atoms with van der Waals surface area (Å²) in [6.07, 6.45) is 1.26. The summed E-state index contributed by atoms with van der Waals surface area (Å²) >= 11 is 0. The third kappa shape index (κ3) is 3.06. The first-order chi connectivity index (χ1) is 7.75. The molecule has 16 heavy (non-hydrogen) atoms. The average molecular weight is 218 g/mol. The minimum Gasteiger partial charge on any atom is -0.315 e. The Morgan fingerprint density at radius 2 is 2.06 bits per heavy atom. The lowest BCUT2D eigenvalue weighted by Gasteiger charge is -2.26. The lowest BCUT2D eigenvalue weighted by atomic mass is 10.1. The summed E-state index contributed by atoms with van der Waals surface area (Å²) in [5, 5.41) is 3.48. The summed E-state index contributed by atoms with van der Waals surface area (Å²) in [6, 6.07) is 9.55. The van der Waals surface area contributed by atoms with Crippen molar-refractivity contribution in [3.63, 3.8) is 0 Å². The van der Waals surface area contributed by atoms with Gasteiger partial charge in [-0.1, -0.05) is 29.8 Å². The summed E-state index contributed by atoms with van der Waals surface area (Å²) in [5.74, 6) is 0. The lowest BCUT2D eigenvalue weighted by molar-refractivity contribution is 0.214. The first-order valence-electron chi connectivity index (χ1n) is 6.26. The van der Waals surface area contributed by atoms with E-state index in [0.717, 1.165) is 19.6 Å². The molecule has 0 saturated carbocycles. The zero-order valence-electron chi connectivity index (χ0n) is 10.4. The average Bonchev–Trinajstić information content (AvgIpc) is 2.48. The van der Waals surface area contributed by atoms with Gasteiger partial charge in [0.25, 0.3) is 0 Å². The predicted octanol–water partition coefficient (Wildman–Crippen LogP) is 2.18. The maximum Gasteiger partial charge on any atom is 0.0237 e. The van der Waals surface area contributed by atoms with Crippen molar-refractivity contribution < 1.29 is 0 Å². The number of rotatable bonds is 2.